The molecule has 0 aromatic heterocycles. The Morgan fingerprint density at radius 3 is 2.54 bits per heavy atom. The number of carbonyl (C=O) groups excluding carboxylic acids is 2. The summed E-state index contributed by atoms with van der Waals surface area (Å²) in [6, 6.07) is 19.9. The fourth-order valence-electron chi connectivity index (χ4n) is 3.27. The van der Waals surface area contributed by atoms with Crippen LogP contribution < -0.4 is 5.32 Å². The number of para-hydroxylation sites is 1. The molecule has 1 aliphatic rings. The Morgan fingerprint density at radius 2 is 1.67 bits per heavy atom. The zero-order valence-corrected chi connectivity index (χ0v) is 12.8. The van der Waals surface area contributed by atoms with Crippen molar-refractivity contribution in [1.82, 2.24) is 0 Å². The highest BCUT2D eigenvalue weighted by molar-refractivity contribution is 6.13. The van der Waals surface area contributed by atoms with Gasteiger partial charge in [0.2, 0.25) is 0 Å². The largest absolute Gasteiger partial charge is 0.375 e. The molecule has 118 valence electrons. The lowest BCUT2D eigenvalue weighted by Gasteiger charge is -2.20. The molecule has 0 bridgehead atoms. The van der Waals surface area contributed by atoms with E-state index in [0.717, 1.165) is 10.8 Å². The summed E-state index contributed by atoms with van der Waals surface area (Å²) in [5, 5.41) is 15.3. The molecule has 0 saturated carbocycles. The van der Waals surface area contributed by atoms with Gasteiger partial charge in [-0.15, -0.1) is 0 Å². The van der Waals surface area contributed by atoms with Crippen molar-refractivity contribution in [2.24, 2.45) is 0 Å². The molecule has 1 heterocycles. The molecular weight excluding hydrogens is 302 g/mol. The third-order valence-electron chi connectivity index (χ3n) is 4.50. The fourth-order valence-corrected chi connectivity index (χ4v) is 3.27. The standard InChI is InChI=1S/C20H15NO3/c22-18(15-9-5-7-13-6-1-2-8-14(13)15)12-20(24)16-10-3-4-11-17(16)21-19(20)23/h1-11,24H,12H2,(H,21,23)/t20-/m1/s1. The highest BCUT2D eigenvalue weighted by atomic mass is 16.3. The Balaban J connectivity index is 1.75. The molecule has 0 saturated heterocycles. The number of benzene rings is 3. The van der Waals surface area contributed by atoms with Crippen molar-refractivity contribution in [2.45, 2.75) is 12.0 Å². The zero-order chi connectivity index (χ0) is 16.7. The third-order valence-corrected chi connectivity index (χ3v) is 4.50. The van der Waals surface area contributed by atoms with Crippen molar-refractivity contribution >= 4 is 28.2 Å². The van der Waals surface area contributed by atoms with Gasteiger partial charge in [-0.25, -0.2) is 0 Å². The van der Waals surface area contributed by atoms with Crippen LogP contribution in [-0.2, 0) is 10.4 Å². The number of amides is 1. The number of hydrogen-bond acceptors (Lipinski definition) is 3. The van der Waals surface area contributed by atoms with E-state index in [1.807, 2.05) is 36.4 Å². The molecule has 1 atom stereocenters. The summed E-state index contributed by atoms with van der Waals surface area (Å²) in [4.78, 5) is 25.1. The van der Waals surface area contributed by atoms with Crippen LogP contribution in [0.25, 0.3) is 10.8 Å². The molecule has 1 aliphatic heterocycles. The summed E-state index contributed by atoms with van der Waals surface area (Å²) in [6.45, 7) is 0. The van der Waals surface area contributed by atoms with Crippen LogP contribution in [0.2, 0.25) is 0 Å². The van der Waals surface area contributed by atoms with Crippen LogP contribution in [0.15, 0.2) is 66.7 Å². The predicted octanol–water partition coefficient (Wildman–Crippen LogP) is 3.25. The molecule has 1 amide bonds. The third kappa shape index (κ3) is 2.12. The van der Waals surface area contributed by atoms with Gasteiger partial charge in [-0.05, 0) is 16.8 Å². The SMILES string of the molecule is O=C(C[C@]1(O)C(=O)Nc2ccccc21)c1cccc2ccccc12. The van der Waals surface area contributed by atoms with Crippen molar-refractivity contribution in [3.8, 4) is 0 Å². The van der Waals surface area contributed by atoms with Crippen molar-refractivity contribution in [2.75, 3.05) is 5.32 Å². The van der Waals surface area contributed by atoms with E-state index in [1.165, 1.54) is 0 Å². The number of aliphatic hydroxyl groups is 1. The van der Waals surface area contributed by atoms with Crippen LogP contribution in [0, 0.1) is 0 Å². The number of anilines is 1. The highest BCUT2D eigenvalue weighted by Crippen LogP contribution is 2.39. The van der Waals surface area contributed by atoms with Crippen LogP contribution in [0.1, 0.15) is 22.3 Å². The first-order chi connectivity index (χ1) is 11.6. The van der Waals surface area contributed by atoms with E-state index >= 15 is 0 Å². The van der Waals surface area contributed by atoms with Gasteiger partial charge in [-0.3, -0.25) is 9.59 Å². The minimum Gasteiger partial charge on any atom is -0.375 e. The Morgan fingerprint density at radius 1 is 0.958 bits per heavy atom. The average Bonchev–Trinajstić information content (AvgIpc) is 2.85. The molecule has 0 radical (unpaired) electrons. The Bertz CT molecular complexity index is 974. The van der Waals surface area contributed by atoms with E-state index in [0.29, 0.717) is 16.8 Å². The van der Waals surface area contributed by atoms with E-state index in [4.69, 9.17) is 0 Å². The second kappa shape index (κ2) is 5.28. The zero-order valence-electron chi connectivity index (χ0n) is 12.8. The molecule has 3 aromatic carbocycles. The van der Waals surface area contributed by atoms with Gasteiger partial charge in [0.1, 0.15) is 0 Å². The molecule has 0 spiro atoms. The summed E-state index contributed by atoms with van der Waals surface area (Å²) in [5.74, 6) is -0.821. The van der Waals surface area contributed by atoms with E-state index in [9.17, 15) is 14.7 Å². The average molecular weight is 317 g/mol. The van der Waals surface area contributed by atoms with Crippen molar-refractivity contribution in [3.63, 3.8) is 0 Å². The number of ketones is 1. The smallest absolute Gasteiger partial charge is 0.261 e. The van der Waals surface area contributed by atoms with Gasteiger partial charge in [0.15, 0.2) is 11.4 Å². The quantitative estimate of drug-likeness (QED) is 0.729. The monoisotopic (exact) mass is 317 g/mol. The Hall–Kier alpha value is -2.98. The summed E-state index contributed by atoms with van der Waals surface area (Å²) in [6.07, 6.45) is -0.288. The normalized spacial score (nSPS) is 19.1. The van der Waals surface area contributed by atoms with E-state index in [2.05, 4.69) is 5.32 Å². The number of Topliss-reactive ketones (excluding diaryl/α,β-unsaturated/α-hetero) is 1. The minimum absolute atomic E-state index is 0.263. The Kier molecular flexibility index (Phi) is 3.22. The van der Waals surface area contributed by atoms with Crippen molar-refractivity contribution < 1.29 is 14.7 Å². The summed E-state index contributed by atoms with van der Waals surface area (Å²) < 4.78 is 0. The molecule has 4 nitrogen and oxygen atoms in total. The molecule has 24 heavy (non-hydrogen) atoms. The first-order valence-electron chi connectivity index (χ1n) is 7.74. The lowest BCUT2D eigenvalue weighted by molar-refractivity contribution is -0.133. The maximum atomic E-state index is 12.8. The molecule has 2 N–H and O–H groups in total. The summed E-state index contributed by atoms with van der Waals surface area (Å²) in [5.41, 5.74) is -0.317. The van der Waals surface area contributed by atoms with Crippen LogP contribution in [0.5, 0.6) is 0 Å². The van der Waals surface area contributed by atoms with Gasteiger partial charge in [0, 0.05) is 16.8 Å². The topological polar surface area (TPSA) is 66.4 Å². The first-order valence-corrected chi connectivity index (χ1v) is 7.74. The lowest BCUT2D eigenvalue weighted by Crippen LogP contribution is -2.36. The number of rotatable bonds is 3. The van der Waals surface area contributed by atoms with Gasteiger partial charge in [0.25, 0.3) is 5.91 Å². The Labute approximate surface area is 138 Å². The van der Waals surface area contributed by atoms with Gasteiger partial charge in [0.05, 0.1) is 6.42 Å². The molecule has 3 aromatic rings. The fraction of sp³-hybridized carbons (Fsp3) is 0.100. The van der Waals surface area contributed by atoms with Crippen LogP contribution in [0.4, 0.5) is 5.69 Å². The van der Waals surface area contributed by atoms with Gasteiger partial charge < -0.3 is 10.4 Å². The van der Waals surface area contributed by atoms with Crippen LogP contribution >= 0.6 is 0 Å². The number of hydrogen-bond donors (Lipinski definition) is 2. The number of nitrogens with one attached hydrogen (secondary N) is 1. The minimum atomic E-state index is -1.83. The van der Waals surface area contributed by atoms with Gasteiger partial charge >= 0.3 is 0 Å². The second-order valence-electron chi connectivity index (χ2n) is 5.99. The van der Waals surface area contributed by atoms with E-state index in [-0.39, 0.29) is 12.2 Å². The highest BCUT2D eigenvalue weighted by Gasteiger charge is 2.46. The van der Waals surface area contributed by atoms with Crippen molar-refractivity contribution in [1.29, 1.82) is 0 Å². The maximum absolute atomic E-state index is 12.8. The van der Waals surface area contributed by atoms with Crippen molar-refractivity contribution in [3.05, 3.63) is 77.9 Å². The maximum Gasteiger partial charge on any atom is 0.261 e. The summed E-state index contributed by atoms with van der Waals surface area (Å²) in [7, 11) is 0. The second-order valence-corrected chi connectivity index (χ2v) is 5.99. The lowest BCUT2D eigenvalue weighted by atomic mass is 9.87. The molecule has 0 aliphatic carbocycles. The molecule has 0 fully saturated rings. The molecule has 4 rings (SSSR count). The molecule has 0 unspecified atom stereocenters. The van der Waals surface area contributed by atoms with Crippen LogP contribution in [-0.4, -0.2) is 16.8 Å². The molecule has 4 heteroatoms. The molecular formula is C20H15NO3. The first kappa shape index (κ1) is 14.6. The van der Waals surface area contributed by atoms with Gasteiger partial charge in [-0.1, -0.05) is 60.7 Å². The van der Waals surface area contributed by atoms with E-state index in [1.54, 1.807) is 30.3 Å². The van der Waals surface area contributed by atoms with Crippen LogP contribution in [0.3, 0.4) is 0 Å². The summed E-state index contributed by atoms with van der Waals surface area (Å²) >= 11 is 0. The van der Waals surface area contributed by atoms with E-state index < -0.39 is 11.5 Å². The number of carbonyl (C=O) groups is 2. The number of fused-ring (bicyclic) bond motifs is 2. The predicted molar refractivity (Wildman–Crippen MR) is 91.9 cm³/mol. The van der Waals surface area contributed by atoms with Gasteiger partial charge in [-0.2, -0.15) is 0 Å².